The molecule has 1 saturated heterocycles. The molecule has 2 fully saturated rings. The lowest BCUT2D eigenvalue weighted by Gasteiger charge is -2.34. The van der Waals surface area contributed by atoms with Crippen molar-refractivity contribution in [1.82, 2.24) is 24.4 Å². The fraction of sp³-hybridized carbons (Fsp3) is 0.417. The minimum absolute atomic E-state index is 0.0263. The van der Waals surface area contributed by atoms with Crippen LogP contribution in [0.15, 0.2) is 47.4 Å². The van der Waals surface area contributed by atoms with Crippen molar-refractivity contribution in [2.24, 2.45) is 0 Å². The van der Waals surface area contributed by atoms with E-state index in [2.05, 4.69) is 37.8 Å². The smallest absolute Gasteiger partial charge is 0.322 e. The molecule has 0 unspecified atom stereocenters. The molecule has 1 aliphatic heterocycles. The number of rotatable bonds is 8. The lowest BCUT2D eigenvalue weighted by molar-refractivity contribution is 0.312. The van der Waals surface area contributed by atoms with E-state index in [1.54, 1.807) is 6.92 Å². The minimum atomic E-state index is -3.86. The van der Waals surface area contributed by atoms with Gasteiger partial charge < -0.3 is 14.5 Å². The summed E-state index contributed by atoms with van der Waals surface area (Å²) in [6, 6.07) is 12.0. The summed E-state index contributed by atoms with van der Waals surface area (Å²) in [4.78, 5) is 4.68. The van der Waals surface area contributed by atoms with Crippen molar-refractivity contribution in [3.8, 4) is 11.8 Å². The predicted octanol–water partition coefficient (Wildman–Crippen LogP) is 4.50. The molecule has 0 bridgehead atoms. The van der Waals surface area contributed by atoms with Crippen molar-refractivity contribution in [2.45, 2.75) is 36.7 Å². The van der Waals surface area contributed by atoms with Gasteiger partial charge in [-0.25, -0.2) is 13.1 Å². The first-order chi connectivity index (χ1) is 17.2. The molecule has 12 heteroatoms. The summed E-state index contributed by atoms with van der Waals surface area (Å²) in [5.41, 5.74) is 1.10. The van der Waals surface area contributed by atoms with E-state index in [0.29, 0.717) is 17.6 Å². The molecule has 36 heavy (non-hydrogen) atoms. The van der Waals surface area contributed by atoms with Crippen LogP contribution in [0.2, 0.25) is 10.0 Å². The van der Waals surface area contributed by atoms with E-state index in [0.717, 1.165) is 44.7 Å². The summed E-state index contributed by atoms with van der Waals surface area (Å²) in [6.07, 6.45) is 1.91. The van der Waals surface area contributed by atoms with Gasteiger partial charge in [0.25, 0.3) is 0 Å². The molecule has 2 aliphatic rings. The third-order valence-corrected chi connectivity index (χ3v) is 8.70. The van der Waals surface area contributed by atoms with Crippen LogP contribution < -0.4 is 14.4 Å². The highest BCUT2D eigenvalue weighted by Gasteiger charge is 2.33. The Kier molecular flexibility index (Phi) is 7.15. The van der Waals surface area contributed by atoms with Crippen molar-refractivity contribution < 1.29 is 13.2 Å². The summed E-state index contributed by atoms with van der Waals surface area (Å²) in [5.74, 6) is 1.16. The summed E-state index contributed by atoms with van der Waals surface area (Å²) in [7, 11) is -1.73. The maximum absolute atomic E-state index is 13.0. The molecule has 1 saturated carbocycles. The average Bonchev–Trinajstić information content (AvgIpc) is 3.60. The number of likely N-dealkylation sites (N-methyl/N-ethyl adjacent to an activating group) is 1. The van der Waals surface area contributed by atoms with Crippen LogP contribution in [0, 0.1) is 0 Å². The molecule has 2 heterocycles. The van der Waals surface area contributed by atoms with Crippen LogP contribution in [-0.2, 0) is 10.0 Å². The highest BCUT2D eigenvalue weighted by atomic mass is 35.5. The number of nitrogens with zero attached hydrogens (tertiary/aromatic N) is 5. The van der Waals surface area contributed by atoms with Crippen molar-refractivity contribution in [3.05, 3.63) is 58.3 Å². The van der Waals surface area contributed by atoms with Gasteiger partial charge in [0.05, 0.1) is 21.0 Å². The third-order valence-electron chi connectivity index (χ3n) is 6.42. The number of benzene rings is 2. The van der Waals surface area contributed by atoms with Gasteiger partial charge in [-0.05, 0) is 57.1 Å². The zero-order chi connectivity index (χ0) is 25.4. The second kappa shape index (κ2) is 10.2. The third kappa shape index (κ3) is 5.47. The second-order valence-electron chi connectivity index (χ2n) is 9.25. The van der Waals surface area contributed by atoms with Crippen molar-refractivity contribution in [3.63, 3.8) is 0 Å². The van der Waals surface area contributed by atoms with E-state index in [1.165, 1.54) is 18.2 Å². The second-order valence-corrected chi connectivity index (χ2v) is 11.8. The largest absolute Gasteiger partial charge is 0.424 e. The van der Waals surface area contributed by atoms with Gasteiger partial charge in [-0.3, -0.25) is 4.57 Å². The molecule has 1 N–H and O–H groups in total. The van der Waals surface area contributed by atoms with E-state index in [9.17, 15) is 8.42 Å². The minimum Gasteiger partial charge on any atom is -0.424 e. The van der Waals surface area contributed by atoms with Gasteiger partial charge in [-0.15, -0.1) is 5.10 Å². The summed E-state index contributed by atoms with van der Waals surface area (Å²) < 4.78 is 36.7. The number of nitrogens with one attached hydrogen (secondary N) is 1. The molecule has 1 atom stereocenters. The van der Waals surface area contributed by atoms with Crippen LogP contribution >= 0.6 is 23.2 Å². The normalized spacial score (nSPS) is 17.8. The average molecular weight is 552 g/mol. The number of anilines is 1. The lowest BCUT2D eigenvalue weighted by Crippen LogP contribution is -2.44. The zero-order valence-corrected chi connectivity index (χ0v) is 22.4. The van der Waals surface area contributed by atoms with Gasteiger partial charge in [-0.1, -0.05) is 34.4 Å². The van der Waals surface area contributed by atoms with E-state index >= 15 is 0 Å². The standard InChI is InChI=1S/C24H28Cl2N6O3S/c1-16(29-36(33,34)20-8-9-21(25)22(26)15-20)23-27-28-24(32(23)17-6-7-17)35-19-5-3-4-18(14-19)31-12-10-30(2)11-13-31/h3-5,8-9,14-17,29H,6-7,10-13H2,1-2H3/t16-/m1/s1. The highest BCUT2D eigenvalue weighted by Crippen LogP contribution is 2.41. The maximum Gasteiger partial charge on any atom is 0.322 e. The van der Waals surface area contributed by atoms with Crippen molar-refractivity contribution >= 4 is 38.9 Å². The van der Waals surface area contributed by atoms with Gasteiger partial charge in [0.15, 0.2) is 5.82 Å². The molecule has 0 spiro atoms. The van der Waals surface area contributed by atoms with E-state index < -0.39 is 16.1 Å². The molecule has 2 aromatic carbocycles. The van der Waals surface area contributed by atoms with Gasteiger partial charge in [0, 0.05) is 44.0 Å². The van der Waals surface area contributed by atoms with E-state index in [-0.39, 0.29) is 21.0 Å². The number of hydrogen-bond donors (Lipinski definition) is 1. The van der Waals surface area contributed by atoms with Crippen LogP contribution in [0.3, 0.4) is 0 Å². The highest BCUT2D eigenvalue weighted by molar-refractivity contribution is 7.89. The van der Waals surface area contributed by atoms with Crippen LogP contribution in [0.25, 0.3) is 0 Å². The summed E-state index contributed by atoms with van der Waals surface area (Å²) in [6.45, 7) is 5.67. The number of ether oxygens (including phenoxy) is 1. The maximum atomic E-state index is 13.0. The molecule has 192 valence electrons. The quantitative estimate of drug-likeness (QED) is 0.441. The van der Waals surface area contributed by atoms with E-state index in [1.807, 2.05) is 22.8 Å². The Morgan fingerprint density at radius 1 is 1.03 bits per heavy atom. The van der Waals surface area contributed by atoms with Crippen molar-refractivity contribution in [2.75, 3.05) is 38.1 Å². The van der Waals surface area contributed by atoms with Crippen LogP contribution in [0.5, 0.6) is 11.8 Å². The first-order valence-corrected chi connectivity index (χ1v) is 14.1. The molecular weight excluding hydrogens is 523 g/mol. The van der Waals surface area contributed by atoms with Crippen LogP contribution in [0.4, 0.5) is 5.69 Å². The topological polar surface area (TPSA) is 92.6 Å². The Morgan fingerprint density at radius 2 is 1.78 bits per heavy atom. The lowest BCUT2D eigenvalue weighted by atomic mass is 10.2. The molecule has 9 nitrogen and oxygen atoms in total. The van der Waals surface area contributed by atoms with Gasteiger partial charge >= 0.3 is 6.01 Å². The Labute approximate surface area is 221 Å². The number of hydrogen-bond acceptors (Lipinski definition) is 7. The molecule has 3 aromatic rings. The van der Waals surface area contributed by atoms with Gasteiger partial charge in [0.1, 0.15) is 5.75 Å². The summed E-state index contributed by atoms with van der Waals surface area (Å²) >= 11 is 12.0. The fourth-order valence-electron chi connectivity index (χ4n) is 4.24. The zero-order valence-electron chi connectivity index (χ0n) is 20.1. The number of aromatic nitrogens is 3. The molecule has 5 rings (SSSR count). The van der Waals surface area contributed by atoms with Crippen LogP contribution in [0.1, 0.15) is 37.7 Å². The monoisotopic (exact) mass is 550 g/mol. The van der Waals surface area contributed by atoms with E-state index in [4.69, 9.17) is 27.9 Å². The number of sulfonamides is 1. The Bertz CT molecular complexity index is 1350. The van der Waals surface area contributed by atoms with Crippen molar-refractivity contribution in [1.29, 1.82) is 0 Å². The summed E-state index contributed by atoms with van der Waals surface area (Å²) in [5, 5.41) is 9.03. The Balaban J connectivity index is 1.36. The Hall–Kier alpha value is -2.37. The fourth-order valence-corrected chi connectivity index (χ4v) is 5.83. The number of halogens is 2. The molecule has 0 radical (unpaired) electrons. The SMILES string of the molecule is C[C@@H](NS(=O)(=O)c1ccc(Cl)c(Cl)c1)c1nnc(Oc2cccc(N3CCN(C)CC3)c2)n1C1CC1. The number of piperazine rings is 1. The van der Waals surface area contributed by atoms with Gasteiger partial charge in [0.2, 0.25) is 10.0 Å². The van der Waals surface area contributed by atoms with Gasteiger partial charge in [-0.2, -0.15) is 0 Å². The van der Waals surface area contributed by atoms with Crippen LogP contribution in [-0.4, -0.2) is 61.3 Å². The molecule has 0 amide bonds. The first kappa shape index (κ1) is 25.3. The predicted molar refractivity (Wildman–Crippen MR) is 140 cm³/mol. The first-order valence-electron chi connectivity index (χ1n) is 11.8. The molecular formula is C24H28Cl2N6O3S. The Morgan fingerprint density at radius 3 is 2.47 bits per heavy atom. The molecule has 1 aromatic heterocycles. The molecule has 1 aliphatic carbocycles.